The first-order chi connectivity index (χ1) is 12.8. The van der Waals surface area contributed by atoms with Crippen molar-refractivity contribution in [3.8, 4) is 0 Å². The van der Waals surface area contributed by atoms with Crippen LogP contribution in [0, 0.1) is 5.92 Å². The summed E-state index contributed by atoms with van der Waals surface area (Å²) >= 11 is 0. The Morgan fingerprint density at radius 2 is 2.08 bits per heavy atom. The van der Waals surface area contributed by atoms with E-state index in [4.69, 9.17) is 20.3 Å². The number of hydrogen-bond acceptors (Lipinski definition) is 4. The summed E-state index contributed by atoms with van der Waals surface area (Å²) < 4.78 is 10.9. The predicted octanol–water partition coefficient (Wildman–Crippen LogP) is 3.19. The summed E-state index contributed by atoms with van der Waals surface area (Å²) in [7, 11) is 0. The number of hydrogen-bond donors (Lipinski definition) is 2. The summed E-state index contributed by atoms with van der Waals surface area (Å²) in [6.07, 6.45) is 9.47. The summed E-state index contributed by atoms with van der Waals surface area (Å²) in [4.78, 5) is 0. The standard InChI is InChI=1S/C22H35NO3/c23-14-21(5-1-2-10-24)20-9-8-18-12-17(6-7-19(18)13-20)4-3-11-26-22-15-25-16-22/h8-9,13,17,21-22,24H,1-7,10-12,14-16,23H2/t17-,21-/m0/s1. The van der Waals surface area contributed by atoms with Gasteiger partial charge in [0.25, 0.3) is 0 Å². The highest BCUT2D eigenvalue weighted by atomic mass is 16.6. The average molecular weight is 362 g/mol. The molecule has 0 radical (unpaired) electrons. The molecule has 0 aromatic heterocycles. The molecule has 1 aliphatic heterocycles. The highest BCUT2D eigenvalue weighted by molar-refractivity contribution is 5.36. The maximum Gasteiger partial charge on any atom is 0.104 e. The topological polar surface area (TPSA) is 64.7 Å². The SMILES string of the molecule is NC[C@H](CCCCO)c1ccc2c(c1)CC[C@H](CCCOC1COC1)C2. The van der Waals surface area contributed by atoms with Crippen molar-refractivity contribution in [3.63, 3.8) is 0 Å². The van der Waals surface area contributed by atoms with E-state index in [1.807, 2.05) is 0 Å². The van der Waals surface area contributed by atoms with E-state index < -0.39 is 0 Å². The third-order valence-electron chi connectivity index (χ3n) is 6.00. The van der Waals surface area contributed by atoms with Gasteiger partial charge in [-0.3, -0.25) is 0 Å². The fraction of sp³-hybridized carbons (Fsp3) is 0.727. The minimum Gasteiger partial charge on any atom is -0.396 e. The molecule has 1 heterocycles. The molecule has 1 fully saturated rings. The molecule has 2 aliphatic rings. The molecule has 0 amide bonds. The first-order valence-corrected chi connectivity index (χ1v) is 10.4. The number of ether oxygens (including phenoxy) is 2. The maximum absolute atomic E-state index is 8.98. The zero-order valence-electron chi connectivity index (χ0n) is 16.0. The molecule has 4 nitrogen and oxygen atoms in total. The van der Waals surface area contributed by atoms with Gasteiger partial charge >= 0.3 is 0 Å². The zero-order valence-corrected chi connectivity index (χ0v) is 16.0. The van der Waals surface area contributed by atoms with Gasteiger partial charge in [0.1, 0.15) is 6.10 Å². The van der Waals surface area contributed by atoms with E-state index in [0.29, 0.717) is 18.6 Å². The summed E-state index contributed by atoms with van der Waals surface area (Å²) in [6.45, 7) is 3.41. The molecule has 0 bridgehead atoms. The summed E-state index contributed by atoms with van der Waals surface area (Å²) in [5.41, 5.74) is 10.5. The van der Waals surface area contributed by atoms with E-state index in [1.54, 1.807) is 0 Å². The highest BCUT2D eigenvalue weighted by Crippen LogP contribution is 2.31. The van der Waals surface area contributed by atoms with Crippen molar-refractivity contribution < 1.29 is 14.6 Å². The Balaban J connectivity index is 1.46. The third kappa shape index (κ3) is 5.53. The van der Waals surface area contributed by atoms with Crippen LogP contribution in [-0.2, 0) is 22.3 Å². The average Bonchev–Trinajstić information content (AvgIpc) is 2.63. The Labute approximate surface area is 158 Å². The Hall–Kier alpha value is -0.940. The second-order valence-electron chi connectivity index (χ2n) is 7.96. The minimum absolute atomic E-state index is 0.280. The van der Waals surface area contributed by atoms with Crippen molar-refractivity contribution >= 4 is 0 Å². The molecule has 0 spiro atoms. The lowest BCUT2D eigenvalue weighted by Gasteiger charge is -2.28. The highest BCUT2D eigenvalue weighted by Gasteiger charge is 2.21. The van der Waals surface area contributed by atoms with Crippen molar-refractivity contribution in [2.24, 2.45) is 11.7 Å². The Kier molecular flexibility index (Phi) is 7.93. The van der Waals surface area contributed by atoms with Crippen molar-refractivity contribution in [2.45, 2.75) is 63.4 Å². The van der Waals surface area contributed by atoms with Crippen LogP contribution in [0.2, 0.25) is 0 Å². The number of rotatable bonds is 11. The van der Waals surface area contributed by atoms with Crippen LogP contribution >= 0.6 is 0 Å². The third-order valence-corrected chi connectivity index (χ3v) is 6.00. The van der Waals surface area contributed by atoms with Crippen LogP contribution in [0.4, 0.5) is 0 Å². The quantitative estimate of drug-likeness (QED) is 0.594. The van der Waals surface area contributed by atoms with Gasteiger partial charge in [-0.15, -0.1) is 0 Å². The van der Waals surface area contributed by atoms with Crippen molar-refractivity contribution in [1.29, 1.82) is 0 Å². The fourth-order valence-corrected chi connectivity index (χ4v) is 4.21. The number of unbranched alkanes of at least 4 members (excludes halogenated alkanes) is 1. The van der Waals surface area contributed by atoms with Crippen LogP contribution in [0.15, 0.2) is 18.2 Å². The largest absolute Gasteiger partial charge is 0.396 e. The van der Waals surface area contributed by atoms with Gasteiger partial charge in [-0.25, -0.2) is 0 Å². The Bertz CT molecular complexity index is 544. The minimum atomic E-state index is 0.280. The number of aliphatic hydroxyl groups is 1. The van der Waals surface area contributed by atoms with E-state index in [9.17, 15) is 0 Å². The molecule has 1 saturated heterocycles. The molecule has 0 unspecified atom stereocenters. The predicted molar refractivity (Wildman–Crippen MR) is 104 cm³/mol. The first-order valence-electron chi connectivity index (χ1n) is 10.4. The maximum atomic E-state index is 8.98. The molecule has 146 valence electrons. The lowest BCUT2D eigenvalue weighted by Crippen LogP contribution is -2.36. The molecule has 26 heavy (non-hydrogen) atoms. The van der Waals surface area contributed by atoms with Crippen LogP contribution in [0.3, 0.4) is 0 Å². The van der Waals surface area contributed by atoms with Crippen LogP contribution in [-0.4, -0.2) is 44.2 Å². The number of benzene rings is 1. The van der Waals surface area contributed by atoms with Crippen molar-refractivity contribution in [2.75, 3.05) is 33.0 Å². The van der Waals surface area contributed by atoms with Crippen LogP contribution in [0.5, 0.6) is 0 Å². The van der Waals surface area contributed by atoms with Crippen LogP contribution in [0.25, 0.3) is 0 Å². The smallest absolute Gasteiger partial charge is 0.104 e. The molecule has 2 atom stereocenters. The molecule has 3 rings (SSSR count). The monoisotopic (exact) mass is 361 g/mol. The second-order valence-corrected chi connectivity index (χ2v) is 7.96. The van der Waals surface area contributed by atoms with Gasteiger partial charge in [0.05, 0.1) is 13.2 Å². The van der Waals surface area contributed by atoms with E-state index in [-0.39, 0.29) is 6.61 Å². The second kappa shape index (κ2) is 10.4. The van der Waals surface area contributed by atoms with E-state index in [2.05, 4.69) is 18.2 Å². The molecule has 1 aromatic rings. The number of nitrogens with two attached hydrogens (primary N) is 1. The van der Waals surface area contributed by atoms with Crippen LogP contribution < -0.4 is 5.73 Å². The van der Waals surface area contributed by atoms with Gasteiger partial charge < -0.3 is 20.3 Å². The summed E-state index contributed by atoms with van der Waals surface area (Å²) in [5.74, 6) is 1.22. The van der Waals surface area contributed by atoms with E-state index in [0.717, 1.165) is 51.4 Å². The van der Waals surface area contributed by atoms with Gasteiger partial charge in [0.15, 0.2) is 0 Å². The molecule has 3 N–H and O–H groups in total. The lowest BCUT2D eigenvalue weighted by atomic mass is 9.80. The fourth-order valence-electron chi connectivity index (χ4n) is 4.21. The number of aryl methyl sites for hydroxylation is 1. The van der Waals surface area contributed by atoms with E-state index >= 15 is 0 Å². The van der Waals surface area contributed by atoms with Gasteiger partial charge in [0, 0.05) is 13.2 Å². The van der Waals surface area contributed by atoms with Crippen molar-refractivity contribution in [1.82, 2.24) is 0 Å². The zero-order chi connectivity index (χ0) is 18.2. The number of aliphatic hydroxyl groups excluding tert-OH is 1. The van der Waals surface area contributed by atoms with Gasteiger partial charge in [-0.1, -0.05) is 24.6 Å². The lowest BCUT2D eigenvalue weighted by molar-refractivity contribution is -0.130. The molecule has 4 heteroatoms. The van der Waals surface area contributed by atoms with E-state index in [1.165, 1.54) is 42.4 Å². The first kappa shape index (κ1) is 19.8. The molecular weight excluding hydrogens is 326 g/mol. The van der Waals surface area contributed by atoms with Gasteiger partial charge in [-0.2, -0.15) is 0 Å². The van der Waals surface area contributed by atoms with Crippen LogP contribution in [0.1, 0.15) is 61.1 Å². The van der Waals surface area contributed by atoms with Crippen molar-refractivity contribution in [3.05, 3.63) is 34.9 Å². The Morgan fingerprint density at radius 3 is 2.81 bits per heavy atom. The van der Waals surface area contributed by atoms with Gasteiger partial charge in [-0.05, 0) is 80.0 Å². The Morgan fingerprint density at radius 1 is 1.19 bits per heavy atom. The molecule has 0 saturated carbocycles. The summed E-state index contributed by atoms with van der Waals surface area (Å²) in [6, 6.07) is 7.03. The molecule has 1 aliphatic carbocycles. The molecule has 1 aromatic carbocycles. The van der Waals surface area contributed by atoms with Gasteiger partial charge in [0.2, 0.25) is 0 Å². The molecular formula is C22H35NO3. The normalized spacial score (nSPS) is 21.2. The number of fused-ring (bicyclic) bond motifs is 1. The summed E-state index contributed by atoms with van der Waals surface area (Å²) in [5, 5.41) is 8.98.